The fourth-order valence-electron chi connectivity index (χ4n) is 2.06. The highest BCUT2D eigenvalue weighted by molar-refractivity contribution is 7.99. The summed E-state index contributed by atoms with van der Waals surface area (Å²) in [7, 11) is 0. The number of nitrogens with one attached hydrogen (secondary N) is 2. The predicted molar refractivity (Wildman–Crippen MR) is 104 cm³/mol. The van der Waals surface area contributed by atoms with Gasteiger partial charge < -0.3 is 10.6 Å². The van der Waals surface area contributed by atoms with Crippen LogP contribution in [0.1, 0.15) is 18.3 Å². The molecule has 4 nitrogen and oxygen atoms in total. The highest BCUT2D eigenvalue weighted by Gasteiger charge is 1.99. The van der Waals surface area contributed by atoms with Gasteiger partial charge in [0.2, 0.25) is 0 Å². The molecule has 1 aromatic heterocycles. The van der Waals surface area contributed by atoms with Gasteiger partial charge in [0.05, 0.1) is 12.2 Å². The molecular weight excluding hydrogens is 340 g/mol. The van der Waals surface area contributed by atoms with E-state index in [9.17, 15) is 0 Å². The lowest BCUT2D eigenvalue weighted by atomic mass is 10.3. The van der Waals surface area contributed by atoms with E-state index >= 15 is 0 Å². The van der Waals surface area contributed by atoms with E-state index in [1.807, 2.05) is 49.4 Å². The van der Waals surface area contributed by atoms with Crippen molar-refractivity contribution in [2.45, 2.75) is 25.3 Å². The van der Waals surface area contributed by atoms with Crippen LogP contribution >= 0.6 is 23.4 Å². The average molecular weight is 363 g/mol. The van der Waals surface area contributed by atoms with E-state index in [1.165, 1.54) is 4.90 Å². The molecule has 0 aliphatic carbocycles. The zero-order valence-electron chi connectivity index (χ0n) is 14.1. The van der Waals surface area contributed by atoms with Crippen LogP contribution in [0.3, 0.4) is 0 Å². The third-order valence-electron chi connectivity index (χ3n) is 3.17. The van der Waals surface area contributed by atoms with Crippen LogP contribution < -0.4 is 10.6 Å². The molecule has 1 heterocycles. The zero-order valence-corrected chi connectivity index (χ0v) is 15.6. The van der Waals surface area contributed by atoms with Gasteiger partial charge in [0, 0.05) is 34.5 Å². The maximum absolute atomic E-state index is 5.89. The second-order valence-corrected chi connectivity index (χ2v) is 6.80. The van der Waals surface area contributed by atoms with Crippen molar-refractivity contribution in [2.24, 2.45) is 4.99 Å². The summed E-state index contributed by atoms with van der Waals surface area (Å²) in [5, 5.41) is 7.38. The molecule has 0 aliphatic rings. The number of thioether (sulfide) groups is 1. The number of aliphatic imine (C=N–C) groups is 1. The van der Waals surface area contributed by atoms with E-state index in [1.54, 1.807) is 11.8 Å². The number of hydrogen-bond acceptors (Lipinski definition) is 3. The average Bonchev–Trinajstić information content (AvgIpc) is 2.58. The molecule has 2 aromatic rings. The van der Waals surface area contributed by atoms with Gasteiger partial charge in [-0.15, -0.1) is 11.8 Å². The molecule has 0 fully saturated rings. The molecule has 128 valence electrons. The van der Waals surface area contributed by atoms with Gasteiger partial charge in [0.1, 0.15) is 0 Å². The van der Waals surface area contributed by atoms with Crippen molar-refractivity contribution in [1.29, 1.82) is 0 Å². The first-order valence-corrected chi connectivity index (χ1v) is 9.37. The van der Waals surface area contributed by atoms with Gasteiger partial charge in [-0.05, 0) is 50.2 Å². The smallest absolute Gasteiger partial charge is 0.191 e. The van der Waals surface area contributed by atoms with Crippen LogP contribution in [0.2, 0.25) is 5.02 Å². The largest absolute Gasteiger partial charge is 0.357 e. The number of aryl methyl sites for hydroxylation is 1. The zero-order chi connectivity index (χ0) is 17.2. The summed E-state index contributed by atoms with van der Waals surface area (Å²) in [5.74, 6) is 1.77. The molecule has 2 rings (SSSR count). The number of rotatable bonds is 7. The molecule has 24 heavy (non-hydrogen) atoms. The van der Waals surface area contributed by atoms with Gasteiger partial charge in [-0.1, -0.05) is 17.7 Å². The van der Waals surface area contributed by atoms with Gasteiger partial charge in [0.15, 0.2) is 5.96 Å². The van der Waals surface area contributed by atoms with E-state index in [0.717, 1.165) is 41.2 Å². The molecule has 2 N–H and O–H groups in total. The lowest BCUT2D eigenvalue weighted by molar-refractivity contribution is 0.835. The number of benzene rings is 1. The highest BCUT2D eigenvalue weighted by atomic mass is 35.5. The minimum Gasteiger partial charge on any atom is -0.357 e. The fraction of sp³-hybridized carbons (Fsp3) is 0.333. The van der Waals surface area contributed by atoms with Gasteiger partial charge in [-0.25, -0.2) is 4.99 Å². The van der Waals surface area contributed by atoms with Crippen molar-refractivity contribution in [3.63, 3.8) is 0 Å². The molecule has 0 unspecified atom stereocenters. The van der Waals surface area contributed by atoms with Crippen LogP contribution in [0.5, 0.6) is 0 Å². The highest BCUT2D eigenvalue weighted by Crippen LogP contribution is 2.19. The van der Waals surface area contributed by atoms with Gasteiger partial charge in [-0.3, -0.25) is 4.98 Å². The number of guanidine groups is 1. The second-order valence-electron chi connectivity index (χ2n) is 5.19. The van der Waals surface area contributed by atoms with Crippen LogP contribution in [-0.2, 0) is 6.54 Å². The van der Waals surface area contributed by atoms with Crippen molar-refractivity contribution < 1.29 is 0 Å². The Balaban J connectivity index is 1.79. The maximum atomic E-state index is 5.89. The maximum Gasteiger partial charge on any atom is 0.191 e. The molecule has 6 heteroatoms. The Labute approximate surface area is 153 Å². The van der Waals surface area contributed by atoms with Crippen molar-refractivity contribution in [1.82, 2.24) is 15.6 Å². The second kappa shape index (κ2) is 10.2. The first-order chi connectivity index (χ1) is 11.7. The minimum absolute atomic E-state index is 0.571. The molecule has 0 saturated heterocycles. The summed E-state index contributed by atoms with van der Waals surface area (Å²) in [4.78, 5) is 10.3. The lowest BCUT2D eigenvalue weighted by Gasteiger charge is -2.11. The summed E-state index contributed by atoms with van der Waals surface area (Å²) in [6.07, 6.45) is 0. The third kappa shape index (κ3) is 6.81. The fourth-order valence-corrected chi connectivity index (χ4v) is 2.95. The van der Waals surface area contributed by atoms with Crippen LogP contribution in [0, 0.1) is 6.92 Å². The molecule has 0 amide bonds. The first-order valence-electron chi connectivity index (χ1n) is 8.00. The Morgan fingerprint density at radius 3 is 2.67 bits per heavy atom. The van der Waals surface area contributed by atoms with Gasteiger partial charge >= 0.3 is 0 Å². The monoisotopic (exact) mass is 362 g/mol. The van der Waals surface area contributed by atoms with Crippen LogP contribution in [0.25, 0.3) is 0 Å². The van der Waals surface area contributed by atoms with Gasteiger partial charge in [0.25, 0.3) is 0 Å². The first kappa shape index (κ1) is 18.6. The Bertz CT molecular complexity index is 658. The molecule has 0 spiro atoms. The lowest BCUT2D eigenvalue weighted by Crippen LogP contribution is -2.38. The quantitative estimate of drug-likeness (QED) is 0.339. The van der Waals surface area contributed by atoms with E-state index in [-0.39, 0.29) is 0 Å². The number of nitrogens with zero attached hydrogens (tertiary/aromatic N) is 2. The number of pyridine rings is 1. The normalized spacial score (nSPS) is 11.4. The molecular formula is C18H23ClN4S. The summed E-state index contributed by atoms with van der Waals surface area (Å²) in [6.45, 7) is 6.29. The summed E-state index contributed by atoms with van der Waals surface area (Å²) in [6, 6.07) is 13.9. The van der Waals surface area contributed by atoms with Crippen molar-refractivity contribution >= 4 is 29.3 Å². The topological polar surface area (TPSA) is 49.3 Å². The van der Waals surface area contributed by atoms with E-state index < -0.39 is 0 Å². The number of halogens is 1. The van der Waals surface area contributed by atoms with E-state index in [2.05, 4.69) is 27.5 Å². The molecule has 0 saturated carbocycles. The third-order valence-corrected chi connectivity index (χ3v) is 4.43. The minimum atomic E-state index is 0.571. The molecule has 0 bridgehead atoms. The Kier molecular flexibility index (Phi) is 7.92. The van der Waals surface area contributed by atoms with Crippen LogP contribution in [0.15, 0.2) is 52.4 Å². The van der Waals surface area contributed by atoms with Crippen molar-refractivity contribution in [3.05, 3.63) is 58.9 Å². The number of aromatic nitrogens is 1. The van der Waals surface area contributed by atoms with Crippen LogP contribution in [0.4, 0.5) is 0 Å². The molecule has 0 aliphatic heterocycles. The van der Waals surface area contributed by atoms with E-state index in [0.29, 0.717) is 6.54 Å². The van der Waals surface area contributed by atoms with Crippen molar-refractivity contribution in [3.8, 4) is 0 Å². The molecule has 0 atom stereocenters. The molecule has 0 radical (unpaired) electrons. The Morgan fingerprint density at radius 1 is 1.17 bits per heavy atom. The Morgan fingerprint density at radius 2 is 1.96 bits per heavy atom. The SMILES string of the molecule is CCNC(=NCc1cccc(C)n1)NCCSc1ccc(Cl)cc1. The summed E-state index contributed by atoms with van der Waals surface area (Å²) >= 11 is 7.68. The Hall–Kier alpha value is -1.72. The summed E-state index contributed by atoms with van der Waals surface area (Å²) in [5.41, 5.74) is 1.99. The number of hydrogen-bond donors (Lipinski definition) is 2. The van der Waals surface area contributed by atoms with Gasteiger partial charge in [-0.2, -0.15) is 0 Å². The standard InChI is InChI=1S/C18H23ClN4S/c1-3-20-18(22-13-16-6-4-5-14(2)23-16)21-11-12-24-17-9-7-15(19)8-10-17/h4-10H,3,11-13H2,1-2H3,(H2,20,21,22). The molecule has 1 aromatic carbocycles. The predicted octanol–water partition coefficient (Wildman–Crippen LogP) is 3.89. The van der Waals surface area contributed by atoms with E-state index in [4.69, 9.17) is 11.6 Å². The van der Waals surface area contributed by atoms with Crippen molar-refractivity contribution in [2.75, 3.05) is 18.8 Å². The van der Waals surface area contributed by atoms with Crippen LogP contribution in [-0.4, -0.2) is 29.8 Å². The summed E-state index contributed by atoms with van der Waals surface area (Å²) < 4.78 is 0.